The Morgan fingerprint density at radius 3 is 3.06 bits per heavy atom. The molecule has 0 spiro atoms. The summed E-state index contributed by atoms with van der Waals surface area (Å²) in [5.41, 5.74) is 1.83. The van der Waals surface area contributed by atoms with Crippen molar-refractivity contribution in [3.8, 4) is 5.75 Å². The van der Waals surface area contributed by atoms with E-state index < -0.39 is 0 Å². The molecule has 1 aromatic carbocycles. The molecule has 0 radical (unpaired) electrons. The van der Waals surface area contributed by atoms with Crippen LogP contribution in [0.2, 0.25) is 0 Å². The van der Waals surface area contributed by atoms with Crippen LogP contribution in [0.25, 0.3) is 0 Å². The first kappa shape index (κ1) is 11.5. The molecular formula is C13H16N2O3. The molecule has 0 unspecified atom stereocenters. The van der Waals surface area contributed by atoms with Crippen LogP contribution in [-0.4, -0.2) is 29.8 Å². The number of hydrogen-bond donors (Lipinski definition) is 3. The summed E-state index contributed by atoms with van der Waals surface area (Å²) in [6, 6.07) is 6.19. The second kappa shape index (κ2) is 4.59. The van der Waals surface area contributed by atoms with Crippen molar-refractivity contribution >= 4 is 11.6 Å². The van der Waals surface area contributed by atoms with E-state index >= 15 is 0 Å². The molecule has 0 aromatic heterocycles. The van der Waals surface area contributed by atoms with Gasteiger partial charge in [-0.15, -0.1) is 0 Å². The molecule has 0 bridgehead atoms. The summed E-state index contributed by atoms with van der Waals surface area (Å²) in [4.78, 5) is 11.2. The maximum atomic E-state index is 11.2. The number of anilines is 1. The van der Waals surface area contributed by atoms with Crippen LogP contribution in [0.5, 0.6) is 5.75 Å². The van der Waals surface area contributed by atoms with Gasteiger partial charge in [0.15, 0.2) is 6.61 Å². The highest BCUT2D eigenvalue weighted by Gasteiger charge is 2.26. The Morgan fingerprint density at radius 1 is 1.44 bits per heavy atom. The SMILES string of the molecule is O=C1COc2ccc(CNC3CC(O)C3)cc2N1. The molecule has 1 heterocycles. The fourth-order valence-electron chi connectivity index (χ4n) is 2.26. The second-order valence-electron chi connectivity index (χ2n) is 4.87. The normalized spacial score (nSPS) is 25.7. The van der Waals surface area contributed by atoms with Crippen LogP contribution in [0.1, 0.15) is 18.4 Å². The van der Waals surface area contributed by atoms with Gasteiger partial charge in [-0.05, 0) is 30.5 Å². The summed E-state index contributed by atoms with van der Waals surface area (Å²) in [5, 5.41) is 15.4. The summed E-state index contributed by atoms with van der Waals surface area (Å²) in [7, 11) is 0. The summed E-state index contributed by atoms with van der Waals surface area (Å²) in [6.07, 6.45) is 1.51. The molecule has 1 fully saturated rings. The van der Waals surface area contributed by atoms with Gasteiger partial charge in [-0.2, -0.15) is 0 Å². The van der Waals surface area contributed by atoms with Gasteiger partial charge in [0.25, 0.3) is 5.91 Å². The molecule has 18 heavy (non-hydrogen) atoms. The standard InChI is InChI=1S/C13H16N2O3/c16-10-4-9(5-10)14-6-8-1-2-12-11(3-8)15-13(17)7-18-12/h1-3,9-10,14,16H,4-7H2,(H,15,17). The van der Waals surface area contributed by atoms with Gasteiger partial charge in [0, 0.05) is 12.6 Å². The zero-order chi connectivity index (χ0) is 12.5. The molecule has 1 aliphatic heterocycles. The lowest BCUT2D eigenvalue weighted by atomic mass is 9.89. The molecule has 1 aromatic rings. The topological polar surface area (TPSA) is 70.6 Å². The van der Waals surface area contributed by atoms with E-state index in [9.17, 15) is 9.90 Å². The molecule has 3 N–H and O–H groups in total. The zero-order valence-electron chi connectivity index (χ0n) is 9.98. The van der Waals surface area contributed by atoms with E-state index in [2.05, 4.69) is 10.6 Å². The Bertz CT molecular complexity index is 469. The minimum atomic E-state index is -0.140. The number of amides is 1. The number of benzene rings is 1. The number of fused-ring (bicyclic) bond motifs is 1. The second-order valence-corrected chi connectivity index (χ2v) is 4.87. The van der Waals surface area contributed by atoms with Crippen molar-refractivity contribution in [1.29, 1.82) is 0 Å². The van der Waals surface area contributed by atoms with Gasteiger partial charge in [0.05, 0.1) is 11.8 Å². The maximum absolute atomic E-state index is 11.2. The zero-order valence-corrected chi connectivity index (χ0v) is 9.98. The minimum Gasteiger partial charge on any atom is -0.482 e. The van der Waals surface area contributed by atoms with E-state index in [4.69, 9.17) is 4.74 Å². The molecule has 0 atom stereocenters. The average Bonchev–Trinajstić information content (AvgIpc) is 2.32. The van der Waals surface area contributed by atoms with Crippen LogP contribution in [0.3, 0.4) is 0 Å². The lowest BCUT2D eigenvalue weighted by Gasteiger charge is -2.32. The minimum absolute atomic E-state index is 0.0879. The van der Waals surface area contributed by atoms with Crippen molar-refractivity contribution in [3.05, 3.63) is 23.8 Å². The number of aliphatic hydroxyl groups excluding tert-OH is 1. The van der Waals surface area contributed by atoms with Crippen molar-refractivity contribution in [3.63, 3.8) is 0 Å². The Morgan fingerprint density at radius 2 is 2.28 bits per heavy atom. The first-order valence-electron chi connectivity index (χ1n) is 6.18. The Kier molecular flexibility index (Phi) is 2.93. The fraction of sp³-hybridized carbons (Fsp3) is 0.462. The van der Waals surface area contributed by atoms with E-state index in [-0.39, 0.29) is 18.6 Å². The highest BCUT2D eigenvalue weighted by atomic mass is 16.5. The van der Waals surface area contributed by atoms with Gasteiger partial charge in [-0.1, -0.05) is 6.07 Å². The largest absolute Gasteiger partial charge is 0.482 e. The first-order chi connectivity index (χ1) is 8.70. The predicted octanol–water partition coefficient (Wildman–Crippen LogP) is 0.630. The molecule has 2 aliphatic rings. The summed E-state index contributed by atoms with van der Waals surface area (Å²) in [5.74, 6) is 0.604. The van der Waals surface area contributed by atoms with E-state index in [0.29, 0.717) is 6.04 Å². The fourth-order valence-corrected chi connectivity index (χ4v) is 2.26. The Labute approximate surface area is 105 Å². The number of aliphatic hydroxyl groups is 1. The third-order valence-corrected chi connectivity index (χ3v) is 3.38. The van der Waals surface area contributed by atoms with E-state index in [1.54, 1.807) is 0 Å². The highest BCUT2D eigenvalue weighted by Crippen LogP contribution is 2.28. The van der Waals surface area contributed by atoms with Gasteiger partial charge in [-0.25, -0.2) is 0 Å². The summed E-state index contributed by atoms with van der Waals surface area (Å²) in [6.45, 7) is 0.825. The Hall–Kier alpha value is -1.59. The van der Waals surface area contributed by atoms with Crippen LogP contribution in [0, 0.1) is 0 Å². The van der Waals surface area contributed by atoms with Gasteiger partial charge in [0.2, 0.25) is 0 Å². The van der Waals surface area contributed by atoms with Crippen molar-refractivity contribution in [2.75, 3.05) is 11.9 Å². The molecule has 0 saturated heterocycles. The van der Waals surface area contributed by atoms with Crippen molar-refractivity contribution in [2.45, 2.75) is 31.5 Å². The highest BCUT2D eigenvalue weighted by molar-refractivity contribution is 5.95. The number of ether oxygens (including phenoxy) is 1. The van der Waals surface area contributed by atoms with E-state index in [0.717, 1.165) is 36.4 Å². The lowest BCUT2D eigenvalue weighted by molar-refractivity contribution is -0.118. The van der Waals surface area contributed by atoms with Crippen molar-refractivity contribution in [2.24, 2.45) is 0 Å². The lowest BCUT2D eigenvalue weighted by Crippen LogP contribution is -2.43. The molecule has 1 aliphatic carbocycles. The maximum Gasteiger partial charge on any atom is 0.262 e. The van der Waals surface area contributed by atoms with Crippen LogP contribution < -0.4 is 15.4 Å². The number of nitrogens with one attached hydrogen (secondary N) is 2. The van der Waals surface area contributed by atoms with Crippen LogP contribution in [0.4, 0.5) is 5.69 Å². The molecule has 5 heteroatoms. The number of carbonyl (C=O) groups excluding carboxylic acids is 1. The molecule has 96 valence electrons. The van der Waals surface area contributed by atoms with Crippen molar-refractivity contribution in [1.82, 2.24) is 5.32 Å². The summed E-state index contributed by atoms with van der Waals surface area (Å²) >= 11 is 0. The molecule has 5 nitrogen and oxygen atoms in total. The molecule has 1 saturated carbocycles. The van der Waals surface area contributed by atoms with E-state index in [1.807, 2.05) is 18.2 Å². The monoisotopic (exact) mass is 248 g/mol. The molecule has 3 rings (SSSR count). The van der Waals surface area contributed by atoms with Gasteiger partial charge >= 0.3 is 0 Å². The number of carbonyl (C=O) groups is 1. The van der Waals surface area contributed by atoms with Crippen molar-refractivity contribution < 1.29 is 14.6 Å². The van der Waals surface area contributed by atoms with Crippen LogP contribution >= 0.6 is 0 Å². The summed E-state index contributed by atoms with van der Waals surface area (Å²) < 4.78 is 5.30. The third kappa shape index (κ3) is 2.32. The van der Waals surface area contributed by atoms with Gasteiger partial charge in [0.1, 0.15) is 5.75 Å². The molecule has 1 amide bonds. The van der Waals surface area contributed by atoms with Gasteiger partial charge in [-0.3, -0.25) is 4.79 Å². The molecular weight excluding hydrogens is 232 g/mol. The van der Waals surface area contributed by atoms with E-state index in [1.165, 1.54) is 0 Å². The van der Waals surface area contributed by atoms with Crippen LogP contribution in [0.15, 0.2) is 18.2 Å². The number of rotatable bonds is 3. The van der Waals surface area contributed by atoms with Crippen LogP contribution in [-0.2, 0) is 11.3 Å². The third-order valence-electron chi connectivity index (χ3n) is 3.38. The Balaban J connectivity index is 1.63. The first-order valence-corrected chi connectivity index (χ1v) is 6.18. The van der Waals surface area contributed by atoms with Gasteiger partial charge < -0.3 is 20.5 Å². The predicted molar refractivity (Wildman–Crippen MR) is 66.4 cm³/mol. The quantitative estimate of drug-likeness (QED) is 0.734. The smallest absolute Gasteiger partial charge is 0.262 e. The average molecular weight is 248 g/mol. The number of hydrogen-bond acceptors (Lipinski definition) is 4.